The second kappa shape index (κ2) is 5.76. The van der Waals surface area contributed by atoms with Gasteiger partial charge in [-0.1, -0.05) is 67.5 Å². The molecule has 0 spiro atoms. The second-order valence-electron chi connectivity index (χ2n) is 5.87. The van der Waals surface area contributed by atoms with E-state index < -0.39 is 4.87 Å². The standard InChI is InChI=1S/C17H18ClNO2S/c1-11(2)15-13-9-14(18)22-17(13,3)19(16(15)20)21-10-12-7-5-4-6-8-12/h4-9,11H,10H2,1-3H3. The summed E-state index contributed by atoms with van der Waals surface area (Å²) in [5.74, 6) is 0.0721. The average molecular weight is 336 g/mol. The molecule has 1 atom stereocenters. The molecule has 0 radical (unpaired) electrons. The zero-order valence-corrected chi connectivity index (χ0v) is 14.4. The number of thioether (sulfide) groups is 1. The lowest BCUT2D eigenvalue weighted by molar-refractivity contribution is -0.196. The van der Waals surface area contributed by atoms with Crippen molar-refractivity contribution in [1.29, 1.82) is 0 Å². The summed E-state index contributed by atoms with van der Waals surface area (Å²) < 4.78 is 0.691. The van der Waals surface area contributed by atoms with Crippen LogP contribution in [0.25, 0.3) is 0 Å². The summed E-state index contributed by atoms with van der Waals surface area (Å²) in [6.07, 6.45) is 1.89. The zero-order valence-electron chi connectivity index (χ0n) is 12.8. The first kappa shape index (κ1) is 15.7. The van der Waals surface area contributed by atoms with Crippen molar-refractivity contribution in [1.82, 2.24) is 5.06 Å². The Morgan fingerprint density at radius 2 is 2.00 bits per heavy atom. The molecule has 0 fully saturated rings. The molecule has 3 rings (SSSR count). The fourth-order valence-electron chi connectivity index (χ4n) is 2.87. The highest BCUT2D eigenvalue weighted by Crippen LogP contribution is 2.55. The van der Waals surface area contributed by atoms with Crippen molar-refractivity contribution in [3.63, 3.8) is 0 Å². The molecule has 0 bridgehead atoms. The topological polar surface area (TPSA) is 29.5 Å². The van der Waals surface area contributed by atoms with Crippen LogP contribution in [0.1, 0.15) is 26.3 Å². The third-order valence-corrected chi connectivity index (χ3v) is 5.36. The summed E-state index contributed by atoms with van der Waals surface area (Å²) >= 11 is 7.66. The Kier molecular flexibility index (Phi) is 4.10. The van der Waals surface area contributed by atoms with Crippen LogP contribution in [0.3, 0.4) is 0 Å². The molecule has 1 aromatic carbocycles. The fourth-order valence-corrected chi connectivity index (χ4v) is 4.49. The summed E-state index contributed by atoms with van der Waals surface area (Å²) in [5, 5.41) is 1.49. The minimum atomic E-state index is -0.567. The van der Waals surface area contributed by atoms with Crippen molar-refractivity contribution in [3.8, 4) is 0 Å². The molecule has 0 aliphatic carbocycles. The number of amides is 1. The van der Waals surface area contributed by atoms with E-state index >= 15 is 0 Å². The van der Waals surface area contributed by atoms with Gasteiger partial charge in [-0.15, -0.1) is 0 Å². The first-order valence-electron chi connectivity index (χ1n) is 7.25. The molecule has 2 heterocycles. The van der Waals surface area contributed by atoms with Crippen molar-refractivity contribution in [2.24, 2.45) is 5.92 Å². The Bertz CT molecular complexity index is 668. The summed E-state index contributed by atoms with van der Waals surface area (Å²) in [6, 6.07) is 9.83. The molecule has 22 heavy (non-hydrogen) atoms. The van der Waals surface area contributed by atoms with Crippen LogP contribution in [-0.2, 0) is 16.2 Å². The monoisotopic (exact) mass is 335 g/mol. The van der Waals surface area contributed by atoms with Gasteiger partial charge in [-0.25, -0.2) is 0 Å². The Labute approximate surface area is 139 Å². The number of fused-ring (bicyclic) bond motifs is 1. The summed E-state index contributed by atoms with van der Waals surface area (Å²) in [6.45, 7) is 6.38. The second-order valence-corrected chi connectivity index (χ2v) is 7.94. The third-order valence-electron chi connectivity index (χ3n) is 3.93. The minimum Gasteiger partial charge on any atom is -0.267 e. The molecule has 116 valence electrons. The first-order chi connectivity index (χ1) is 10.4. The molecule has 0 aromatic heterocycles. The number of hydroxylamine groups is 2. The Balaban J connectivity index is 1.87. The van der Waals surface area contributed by atoms with E-state index in [0.29, 0.717) is 11.0 Å². The van der Waals surface area contributed by atoms with Crippen LogP contribution in [0.2, 0.25) is 0 Å². The maximum atomic E-state index is 12.8. The van der Waals surface area contributed by atoms with Crippen LogP contribution in [0.15, 0.2) is 51.9 Å². The number of carbonyl (C=O) groups excluding carboxylic acids is 1. The summed E-state index contributed by atoms with van der Waals surface area (Å²) in [4.78, 5) is 18.1. The van der Waals surface area contributed by atoms with E-state index in [2.05, 4.69) is 0 Å². The number of hydrogen-bond acceptors (Lipinski definition) is 3. The lowest BCUT2D eigenvalue weighted by atomic mass is 9.97. The number of hydrogen-bond donors (Lipinski definition) is 0. The van der Waals surface area contributed by atoms with E-state index in [-0.39, 0.29) is 11.8 Å². The van der Waals surface area contributed by atoms with Crippen molar-refractivity contribution in [2.75, 3.05) is 0 Å². The smallest absolute Gasteiger partial charge is 0.267 e. The minimum absolute atomic E-state index is 0.0589. The van der Waals surface area contributed by atoms with Crippen LogP contribution in [0.4, 0.5) is 0 Å². The normalized spacial score (nSPS) is 24.3. The van der Waals surface area contributed by atoms with Crippen LogP contribution in [0.5, 0.6) is 0 Å². The number of rotatable bonds is 4. The van der Waals surface area contributed by atoms with Crippen molar-refractivity contribution in [3.05, 3.63) is 57.5 Å². The number of benzene rings is 1. The molecule has 2 aliphatic heterocycles. The molecule has 0 saturated heterocycles. The maximum absolute atomic E-state index is 12.8. The van der Waals surface area contributed by atoms with Crippen molar-refractivity contribution in [2.45, 2.75) is 32.2 Å². The van der Waals surface area contributed by atoms with Crippen LogP contribution in [-0.4, -0.2) is 15.8 Å². The Morgan fingerprint density at radius 3 is 2.64 bits per heavy atom. The first-order valence-corrected chi connectivity index (χ1v) is 8.45. The summed E-state index contributed by atoms with van der Waals surface area (Å²) in [5.41, 5.74) is 2.79. The average Bonchev–Trinajstić information content (AvgIpc) is 2.85. The molecule has 0 N–H and O–H groups in total. The van der Waals surface area contributed by atoms with E-state index in [9.17, 15) is 4.79 Å². The molecule has 0 saturated carbocycles. The van der Waals surface area contributed by atoms with Gasteiger partial charge < -0.3 is 0 Å². The van der Waals surface area contributed by atoms with Crippen LogP contribution >= 0.6 is 23.4 Å². The Morgan fingerprint density at radius 1 is 1.32 bits per heavy atom. The molecular formula is C17H18ClNO2S. The lowest BCUT2D eigenvalue weighted by Crippen LogP contribution is -2.42. The van der Waals surface area contributed by atoms with E-state index in [1.54, 1.807) is 0 Å². The molecule has 1 aromatic rings. The molecular weight excluding hydrogens is 318 g/mol. The SMILES string of the molecule is CC(C)C1=C2C=C(Cl)SC2(C)N(OCc2ccccc2)C1=O. The zero-order chi connectivity index (χ0) is 15.9. The maximum Gasteiger partial charge on any atom is 0.275 e. The van der Waals surface area contributed by atoms with Gasteiger partial charge in [0.1, 0.15) is 11.5 Å². The molecule has 1 amide bonds. The van der Waals surface area contributed by atoms with Gasteiger partial charge in [0.15, 0.2) is 0 Å². The molecule has 5 heteroatoms. The molecule has 3 nitrogen and oxygen atoms in total. The number of nitrogens with zero attached hydrogens (tertiary/aromatic N) is 1. The predicted octanol–water partition coefficient (Wildman–Crippen LogP) is 4.46. The van der Waals surface area contributed by atoms with E-state index in [4.69, 9.17) is 16.4 Å². The van der Waals surface area contributed by atoms with Crippen molar-refractivity contribution < 1.29 is 9.63 Å². The van der Waals surface area contributed by atoms with Gasteiger partial charge in [-0.2, -0.15) is 5.06 Å². The third kappa shape index (κ3) is 2.49. The van der Waals surface area contributed by atoms with E-state index in [0.717, 1.165) is 16.7 Å². The highest BCUT2D eigenvalue weighted by molar-refractivity contribution is 8.06. The highest BCUT2D eigenvalue weighted by atomic mass is 35.5. The van der Waals surface area contributed by atoms with Gasteiger partial charge in [0.05, 0.1) is 4.36 Å². The quantitative estimate of drug-likeness (QED) is 0.813. The van der Waals surface area contributed by atoms with E-state index in [1.807, 2.05) is 57.2 Å². The highest BCUT2D eigenvalue weighted by Gasteiger charge is 2.53. The Hall–Kier alpha value is -1.23. The van der Waals surface area contributed by atoms with E-state index in [1.165, 1.54) is 16.8 Å². The van der Waals surface area contributed by atoms with Crippen LogP contribution < -0.4 is 0 Å². The summed E-state index contributed by atoms with van der Waals surface area (Å²) in [7, 11) is 0. The van der Waals surface area contributed by atoms with Gasteiger partial charge in [-0.05, 0) is 24.5 Å². The predicted molar refractivity (Wildman–Crippen MR) is 89.9 cm³/mol. The van der Waals surface area contributed by atoms with Gasteiger partial charge >= 0.3 is 0 Å². The largest absolute Gasteiger partial charge is 0.275 e. The lowest BCUT2D eigenvalue weighted by Gasteiger charge is -2.32. The van der Waals surface area contributed by atoms with Crippen LogP contribution in [0, 0.1) is 5.92 Å². The van der Waals surface area contributed by atoms with Crippen molar-refractivity contribution >= 4 is 29.3 Å². The van der Waals surface area contributed by atoms with Gasteiger partial charge in [0, 0.05) is 11.1 Å². The van der Waals surface area contributed by atoms with Gasteiger partial charge in [-0.3, -0.25) is 9.63 Å². The fraction of sp³-hybridized carbons (Fsp3) is 0.353. The molecule has 1 unspecified atom stereocenters. The number of carbonyl (C=O) groups is 1. The van der Waals surface area contributed by atoms with Gasteiger partial charge in [0.25, 0.3) is 5.91 Å². The number of halogens is 1. The molecule has 2 aliphatic rings. The van der Waals surface area contributed by atoms with Gasteiger partial charge in [0.2, 0.25) is 0 Å².